The van der Waals surface area contributed by atoms with Gasteiger partial charge in [-0.05, 0) is 41.7 Å². The highest BCUT2D eigenvalue weighted by Gasteiger charge is 2.29. The van der Waals surface area contributed by atoms with Gasteiger partial charge in [-0.25, -0.2) is 0 Å². The van der Waals surface area contributed by atoms with E-state index < -0.39 is 5.60 Å². The Morgan fingerprint density at radius 1 is 1.39 bits per heavy atom. The molecule has 1 saturated carbocycles. The summed E-state index contributed by atoms with van der Waals surface area (Å²) in [6, 6.07) is 2.05. The second-order valence-electron chi connectivity index (χ2n) is 5.19. The zero-order valence-corrected chi connectivity index (χ0v) is 11.5. The van der Waals surface area contributed by atoms with Crippen LogP contribution in [0.4, 0.5) is 0 Å². The summed E-state index contributed by atoms with van der Waals surface area (Å²) >= 11 is 1.65. The van der Waals surface area contributed by atoms with Crippen molar-refractivity contribution in [1.29, 1.82) is 0 Å². The highest BCUT2D eigenvalue weighted by atomic mass is 32.1. The lowest BCUT2D eigenvalue weighted by Crippen LogP contribution is -2.44. The van der Waals surface area contributed by atoms with Crippen molar-refractivity contribution in [3.05, 3.63) is 22.4 Å². The summed E-state index contributed by atoms with van der Waals surface area (Å²) in [7, 11) is 0. The van der Waals surface area contributed by atoms with Crippen LogP contribution in [-0.2, 0) is 11.2 Å². The van der Waals surface area contributed by atoms with Gasteiger partial charge in [-0.2, -0.15) is 11.3 Å². The van der Waals surface area contributed by atoms with Gasteiger partial charge in [0, 0.05) is 13.0 Å². The minimum Gasteiger partial charge on any atom is -0.388 e. The summed E-state index contributed by atoms with van der Waals surface area (Å²) in [5, 5.41) is 17.2. The minimum absolute atomic E-state index is 0.0419. The Balaban J connectivity index is 1.68. The Labute approximate surface area is 112 Å². The van der Waals surface area contributed by atoms with Crippen molar-refractivity contribution in [2.24, 2.45) is 0 Å². The first-order valence-electron chi connectivity index (χ1n) is 6.68. The van der Waals surface area contributed by atoms with E-state index in [1.165, 1.54) is 12.0 Å². The molecule has 3 nitrogen and oxygen atoms in total. The molecule has 1 aromatic rings. The first kappa shape index (κ1) is 13.6. The van der Waals surface area contributed by atoms with Crippen LogP contribution in [0.2, 0.25) is 0 Å². The van der Waals surface area contributed by atoms with Crippen molar-refractivity contribution in [2.45, 2.75) is 50.5 Å². The average Bonchev–Trinajstić information content (AvgIpc) is 2.88. The highest BCUT2D eigenvalue weighted by molar-refractivity contribution is 7.07. The maximum atomic E-state index is 11.7. The van der Waals surface area contributed by atoms with Crippen LogP contribution in [0.1, 0.15) is 44.1 Å². The van der Waals surface area contributed by atoms with Gasteiger partial charge in [-0.15, -0.1) is 0 Å². The predicted molar refractivity (Wildman–Crippen MR) is 73.7 cm³/mol. The van der Waals surface area contributed by atoms with Gasteiger partial charge in [-0.1, -0.05) is 19.3 Å². The molecule has 0 unspecified atom stereocenters. The van der Waals surface area contributed by atoms with Gasteiger partial charge in [0.25, 0.3) is 0 Å². The van der Waals surface area contributed by atoms with Crippen LogP contribution in [0.5, 0.6) is 0 Å². The lowest BCUT2D eigenvalue weighted by molar-refractivity contribution is -0.122. The van der Waals surface area contributed by atoms with Crippen LogP contribution in [-0.4, -0.2) is 23.2 Å². The van der Waals surface area contributed by atoms with E-state index in [2.05, 4.69) is 10.7 Å². The third-order valence-electron chi connectivity index (χ3n) is 3.62. The number of rotatable bonds is 5. The molecule has 2 N–H and O–H groups in total. The van der Waals surface area contributed by atoms with Gasteiger partial charge in [0.05, 0.1) is 5.60 Å². The fraction of sp³-hybridized carbons (Fsp3) is 0.643. The van der Waals surface area contributed by atoms with Crippen molar-refractivity contribution in [1.82, 2.24) is 5.32 Å². The molecular formula is C14H21NO2S. The van der Waals surface area contributed by atoms with Gasteiger partial charge in [-0.3, -0.25) is 4.79 Å². The Morgan fingerprint density at radius 2 is 2.17 bits per heavy atom. The van der Waals surface area contributed by atoms with Crippen molar-refractivity contribution < 1.29 is 9.90 Å². The third-order valence-corrected chi connectivity index (χ3v) is 4.35. The Kier molecular flexibility index (Phi) is 4.78. The smallest absolute Gasteiger partial charge is 0.220 e. The molecule has 1 aromatic heterocycles. The van der Waals surface area contributed by atoms with E-state index in [1.54, 1.807) is 11.3 Å². The molecule has 0 spiro atoms. The molecule has 100 valence electrons. The monoisotopic (exact) mass is 267 g/mol. The molecule has 18 heavy (non-hydrogen) atoms. The summed E-state index contributed by atoms with van der Waals surface area (Å²) < 4.78 is 0. The largest absolute Gasteiger partial charge is 0.388 e. The van der Waals surface area contributed by atoms with Gasteiger partial charge in [0.15, 0.2) is 0 Å². The third kappa shape index (κ3) is 4.10. The molecule has 4 heteroatoms. The molecule has 0 saturated heterocycles. The number of hydrogen-bond donors (Lipinski definition) is 2. The molecule has 0 bridgehead atoms. The highest BCUT2D eigenvalue weighted by Crippen LogP contribution is 2.27. The van der Waals surface area contributed by atoms with E-state index in [1.807, 2.05) is 11.4 Å². The zero-order valence-electron chi connectivity index (χ0n) is 10.7. The summed E-state index contributed by atoms with van der Waals surface area (Å²) in [5.74, 6) is 0.0419. The molecule has 0 atom stereocenters. The second kappa shape index (κ2) is 6.34. The molecule has 0 aliphatic heterocycles. The van der Waals surface area contributed by atoms with Gasteiger partial charge in [0.2, 0.25) is 5.91 Å². The fourth-order valence-corrected chi connectivity index (χ4v) is 3.13. The Morgan fingerprint density at radius 3 is 2.83 bits per heavy atom. The maximum absolute atomic E-state index is 11.7. The van der Waals surface area contributed by atoms with Crippen molar-refractivity contribution in [3.8, 4) is 0 Å². The standard InChI is InChI=1S/C14H21NO2S/c16-13(5-4-12-6-9-18-10-12)15-11-14(17)7-2-1-3-8-14/h6,9-10,17H,1-5,7-8,11H2,(H,15,16). The van der Waals surface area contributed by atoms with Crippen LogP contribution in [0.15, 0.2) is 16.8 Å². The first-order chi connectivity index (χ1) is 8.68. The predicted octanol–water partition coefficient (Wildman–Crippen LogP) is 2.49. The average molecular weight is 267 g/mol. The maximum Gasteiger partial charge on any atom is 0.220 e. The van der Waals surface area contributed by atoms with E-state index in [4.69, 9.17) is 0 Å². The van der Waals surface area contributed by atoms with E-state index in [-0.39, 0.29) is 5.91 Å². The Hall–Kier alpha value is -0.870. The van der Waals surface area contributed by atoms with E-state index in [9.17, 15) is 9.90 Å². The van der Waals surface area contributed by atoms with Crippen LogP contribution in [0, 0.1) is 0 Å². The Bertz CT molecular complexity index is 369. The molecule has 2 rings (SSSR count). The molecule has 1 amide bonds. The zero-order chi connectivity index (χ0) is 12.8. The molecule has 1 aliphatic rings. The quantitative estimate of drug-likeness (QED) is 0.861. The molecule has 0 radical (unpaired) electrons. The number of aliphatic hydroxyl groups is 1. The first-order valence-corrected chi connectivity index (χ1v) is 7.62. The van der Waals surface area contributed by atoms with Gasteiger partial charge in [0.1, 0.15) is 0 Å². The van der Waals surface area contributed by atoms with Crippen LogP contribution in [0.25, 0.3) is 0 Å². The number of carbonyl (C=O) groups is 1. The SMILES string of the molecule is O=C(CCc1ccsc1)NCC1(O)CCCCC1. The molecule has 1 heterocycles. The van der Waals surface area contributed by atoms with E-state index in [0.29, 0.717) is 13.0 Å². The summed E-state index contributed by atoms with van der Waals surface area (Å²) in [5.41, 5.74) is 0.558. The van der Waals surface area contributed by atoms with Crippen molar-refractivity contribution in [2.75, 3.05) is 6.54 Å². The van der Waals surface area contributed by atoms with Crippen LogP contribution >= 0.6 is 11.3 Å². The number of carbonyl (C=O) groups excluding carboxylic acids is 1. The number of thiophene rings is 1. The summed E-state index contributed by atoms with van der Waals surface area (Å²) in [6.45, 7) is 0.412. The van der Waals surface area contributed by atoms with Gasteiger partial charge < -0.3 is 10.4 Å². The van der Waals surface area contributed by atoms with Crippen molar-refractivity contribution >= 4 is 17.2 Å². The molecular weight excluding hydrogens is 246 g/mol. The minimum atomic E-state index is -0.656. The van der Waals surface area contributed by atoms with Crippen LogP contribution < -0.4 is 5.32 Å². The van der Waals surface area contributed by atoms with Crippen molar-refractivity contribution in [3.63, 3.8) is 0 Å². The van der Waals surface area contributed by atoms with Gasteiger partial charge >= 0.3 is 0 Å². The lowest BCUT2D eigenvalue weighted by atomic mass is 9.85. The number of aryl methyl sites for hydroxylation is 1. The number of nitrogens with one attached hydrogen (secondary N) is 1. The summed E-state index contributed by atoms with van der Waals surface area (Å²) in [6.07, 6.45) is 6.27. The molecule has 1 fully saturated rings. The topological polar surface area (TPSA) is 49.3 Å². The van der Waals surface area contributed by atoms with Crippen LogP contribution in [0.3, 0.4) is 0 Å². The summed E-state index contributed by atoms with van der Waals surface area (Å²) in [4.78, 5) is 11.7. The fourth-order valence-electron chi connectivity index (χ4n) is 2.43. The second-order valence-corrected chi connectivity index (χ2v) is 5.97. The molecule has 1 aliphatic carbocycles. The number of amides is 1. The van der Waals surface area contributed by atoms with E-state index >= 15 is 0 Å². The number of hydrogen-bond acceptors (Lipinski definition) is 3. The lowest BCUT2D eigenvalue weighted by Gasteiger charge is -2.32. The normalized spacial score (nSPS) is 18.5. The van der Waals surface area contributed by atoms with E-state index in [0.717, 1.165) is 32.1 Å². The molecule has 0 aromatic carbocycles.